The Morgan fingerprint density at radius 2 is 1.39 bits per heavy atom. The van der Waals surface area contributed by atoms with E-state index in [0.717, 1.165) is 21.3 Å². The Bertz CT molecular complexity index is 252. The number of rotatable bonds is 8. The van der Waals surface area contributed by atoms with Crippen LogP contribution in [0.4, 0.5) is 22.0 Å². The quantitative estimate of drug-likeness (QED) is 0.509. The molecule has 9 heteroatoms. The van der Waals surface area contributed by atoms with Crippen molar-refractivity contribution in [2.24, 2.45) is 0 Å². The Morgan fingerprint density at radius 3 is 1.61 bits per heavy atom. The first-order chi connectivity index (χ1) is 8.19. The van der Waals surface area contributed by atoms with Crippen LogP contribution in [0.15, 0.2) is 0 Å². The molecule has 0 rings (SSSR count). The van der Waals surface area contributed by atoms with E-state index in [1.165, 1.54) is 6.92 Å². The zero-order chi connectivity index (χ0) is 14.6. The molecule has 0 saturated carbocycles. The van der Waals surface area contributed by atoms with Gasteiger partial charge in [-0.1, -0.05) is 6.92 Å². The molecular weight excluding hydrogens is 279 g/mol. The second-order valence-corrected chi connectivity index (χ2v) is 6.77. The summed E-state index contributed by atoms with van der Waals surface area (Å²) in [5.74, 6) is -9.41. The van der Waals surface area contributed by atoms with Crippen molar-refractivity contribution in [3.05, 3.63) is 0 Å². The molecule has 18 heavy (non-hydrogen) atoms. The maximum atomic E-state index is 13.7. The standard InChI is InChI=1S/C9H17F5O3Si/c1-5-7(18(15-2,16-3)17-4)9(13,14)8(11,12)6-10/h7H,5-6H2,1-4H3. The van der Waals surface area contributed by atoms with Crippen LogP contribution in [-0.4, -0.2) is 48.7 Å². The van der Waals surface area contributed by atoms with Gasteiger partial charge in [-0.2, -0.15) is 17.6 Å². The average molecular weight is 296 g/mol. The molecule has 0 aromatic rings. The zero-order valence-corrected chi connectivity index (χ0v) is 11.6. The van der Waals surface area contributed by atoms with Crippen molar-refractivity contribution in [2.45, 2.75) is 30.7 Å². The molecule has 3 nitrogen and oxygen atoms in total. The van der Waals surface area contributed by atoms with Crippen LogP contribution in [0.3, 0.4) is 0 Å². The fourth-order valence-corrected chi connectivity index (χ4v) is 4.26. The molecule has 0 aliphatic rings. The lowest BCUT2D eigenvalue weighted by atomic mass is 10.1. The van der Waals surface area contributed by atoms with E-state index in [1.807, 2.05) is 0 Å². The van der Waals surface area contributed by atoms with Crippen LogP contribution < -0.4 is 0 Å². The normalized spacial score (nSPS) is 15.8. The van der Waals surface area contributed by atoms with Gasteiger partial charge in [0.15, 0.2) is 6.67 Å². The molecule has 0 heterocycles. The SMILES string of the molecule is CCC(C(F)(F)C(F)(F)CF)[Si](OC)(OC)OC. The lowest BCUT2D eigenvalue weighted by Crippen LogP contribution is -2.59. The predicted octanol–water partition coefficient (Wildman–Crippen LogP) is 2.88. The lowest BCUT2D eigenvalue weighted by Gasteiger charge is -2.38. The number of halogens is 5. The van der Waals surface area contributed by atoms with Crippen molar-refractivity contribution in [1.82, 2.24) is 0 Å². The highest BCUT2D eigenvalue weighted by molar-refractivity contribution is 6.62. The number of alkyl halides is 5. The Morgan fingerprint density at radius 1 is 1.00 bits per heavy atom. The molecule has 0 aromatic carbocycles. The summed E-state index contributed by atoms with van der Waals surface area (Å²) in [6.45, 7) is -1.20. The highest BCUT2D eigenvalue weighted by Gasteiger charge is 2.69. The summed E-state index contributed by atoms with van der Waals surface area (Å²) in [7, 11) is -0.905. The first-order valence-electron chi connectivity index (χ1n) is 5.16. The van der Waals surface area contributed by atoms with Crippen LogP contribution in [-0.2, 0) is 13.3 Å². The van der Waals surface area contributed by atoms with Gasteiger partial charge in [-0.05, 0) is 6.42 Å². The van der Waals surface area contributed by atoms with E-state index in [0.29, 0.717) is 0 Å². The summed E-state index contributed by atoms with van der Waals surface area (Å²) in [6, 6.07) is 0. The van der Waals surface area contributed by atoms with Gasteiger partial charge in [0.1, 0.15) is 0 Å². The molecule has 0 aliphatic heterocycles. The minimum Gasteiger partial charge on any atom is -0.377 e. The van der Waals surface area contributed by atoms with E-state index in [-0.39, 0.29) is 0 Å². The molecule has 0 saturated heterocycles. The molecule has 0 bridgehead atoms. The van der Waals surface area contributed by atoms with Gasteiger partial charge < -0.3 is 13.3 Å². The first kappa shape index (κ1) is 17.7. The first-order valence-corrected chi connectivity index (χ1v) is 6.96. The third kappa shape index (κ3) is 2.84. The van der Waals surface area contributed by atoms with Gasteiger partial charge in [0.25, 0.3) is 0 Å². The topological polar surface area (TPSA) is 27.7 Å². The maximum absolute atomic E-state index is 13.7. The molecule has 0 N–H and O–H groups in total. The Labute approximate surface area is 104 Å². The minimum absolute atomic E-state index is 0.398. The van der Waals surface area contributed by atoms with Crippen LogP contribution >= 0.6 is 0 Å². The monoisotopic (exact) mass is 296 g/mol. The zero-order valence-electron chi connectivity index (χ0n) is 10.6. The van der Waals surface area contributed by atoms with Crippen LogP contribution in [0.1, 0.15) is 13.3 Å². The molecule has 1 unspecified atom stereocenters. The van der Waals surface area contributed by atoms with Gasteiger partial charge in [0, 0.05) is 21.3 Å². The summed E-state index contributed by atoms with van der Waals surface area (Å²) in [4.78, 5) is 0. The summed E-state index contributed by atoms with van der Waals surface area (Å²) < 4.78 is 80.0. The van der Waals surface area contributed by atoms with E-state index in [1.54, 1.807) is 0 Å². The van der Waals surface area contributed by atoms with Crippen LogP contribution in [0.2, 0.25) is 5.54 Å². The van der Waals surface area contributed by atoms with E-state index in [2.05, 4.69) is 0 Å². The van der Waals surface area contributed by atoms with Crippen molar-refractivity contribution in [2.75, 3.05) is 28.0 Å². The van der Waals surface area contributed by atoms with Crippen molar-refractivity contribution < 1.29 is 35.2 Å². The Hall–Kier alpha value is -0.253. The second kappa shape index (κ2) is 6.26. The highest BCUT2D eigenvalue weighted by atomic mass is 28.4. The lowest BCUT2D eigenvalue weighted by molar-refractivity contribution is -0.224. The second-order valence-electron chi connectivity index (χ2n) is 3.64. The molecular formula is C9H17F5O3Si. The van der Waals surface area contributed by atoms with Gasteiger partial charge in [0.2, 0.25) is 0 Å². The smallest absolute Gasteiger partial charge is 0.377 e. The van der Waals surface area contributed by atoms with Crippen LogP contribution in [0.5, 0.6) is 0 Å². The van der Waals surface area contributed by atoms with Gasteiger partial charge >= 0.3 is 20.6 Å². The van der Waals surface area contributed by atoms with E-state index < -0.39 is 39.3 Å². The molecule has 0 aromatic heterocycles. The average Bonchev–Trinajstić information content (AvgIpc) is 2.35. The molecule has 0 radical (unpaired) electrons. The summed E-state index contributed by atoms with van der Waals surface area (Å²) >= 11 is 0. The van der Waals surface area contributed by atoms with Crippen molar-refractivity contribution in [1.29, 1.82) is 0 Å². The van der Waals surface area contributed by atoms with Gasteiger partial charge in [-0.3, -0.25) is 0 Å². The summed E-state index contributed by atoms with van der Waals surface area (Å²) in [6.07, 6.45) is -0.398. The number of hydrogen-bond donors (Lipinski definition) is 0. The third-order valence-electron chi connectivity index (χ3n) is 2.78. The molecule has 0 spiro atoms. The van der Waals surface area contributed by atoms with Crippen molar-refractivity contribution in [3.63, 3.8) is 0 Å². The van der Waals surface area contributed by atoms with Gasteiger partial charge in [0.05, 0.1) is 5.54 Å². The highest BCUT2D eigenvalue weighted by Crippen LogP contribution is 2.49. The van der Waals surface area contributed by atoms with Gasteiger partial charge in [-0.15, -0.1) is 0 Å². The maximum Gasteiger partial charge on any atom is 0.509 e. The Kier molecular flexibility index (Phi) is 6.18. The Balaban J connectivity index is 5.55. The van der Waals surface area contributed by atoms with E-state index in [9.17, 15) is 22.0 Å². The fraction of sp³-hybridized carbons (Fsp3) is 1.00. The molecule has 0 amide bonds. The van der Waals surface area contributed by atoms with E-state index in [4.69, 9.17) is 13.3 Å². The molecule has 0 aliphatic carbocycles. The molecule has 0 fully saturated rings. The van der Waals surface area contributed by atoms with Crippen molar-refractivity contribution in [3.8, 4) is 0 Å². The van der Waals surface area contributed by atoms with Gasteiger partial charge in [-0.25, -0.2) is 4.39 Å². The fourth-order valence-electron chi connectivity index (χ4n) is 1.75. The molecule has 1 atom stereocenters. The molecule has 110 valence electrons. The summed E-state index contributed by atoms with van der Waals surface area (Å²) in [5, 5.41) is 0. The van der Waals surface area contributed by atoms with E-state index >= 15 is 0 Å². The third-order valence-corrected chi connectivity index (χ3v) is 6.11. The van der Waals surface area contributed by atoms with Crippen LogP contribution in [0.25, 0.3) is 0 Å². The predicted molar refractivity (Wildman–Crippen MR) is 56.7 cm³/mol. The van der Waals surface area contributed by atoms with Crippen molar-refractivity contribution >= 4 is 8.80 Å². The summed E-state index contributed by atoms with van der Waals surface area (Å²) in [5.41, 5.74) is -2.03. The van der Waals surface area contributed by atoms with Crippen LogP contribution in [0, 0.1) is 0 Å². The minimum atomic E-state index is -4.79. The largest absolute Gasteiger partial charge is 0.509 e. The number of hydrogen-bond acceptors (Lipinski definition) is 3.